The van der Waals surface area contributed by atoms with Crippen molar-refractivity contribution in [1.82, 2.24) is 10.3 Å². The van der Waals surface area contributed by atoms with Gasteiger partial charge in [-0.15, -0.1) is 0 Å². The highest BCUT2D eigenvalue weighted by Crippen LogP contribution is 2.38. The fourth-order valence-corrected chi connectivity index (χ4v) is 4.93. The number of aromatic nitrogens is 1. The Bertz CT molecular complexity index is 1270. The van der Waals surface area contributed by atoms with Crippen LogP contribution in [0.15, 0.2) is 30.5 Å². The van der Waals surface area contributed by atoms with E-state index in [0.29, 0.717) is 5.56 Å². The third-order valence-corrected chi connectivity index (χ3v) is 6.37. The molecule has 1 heterocycles. The lowest BCUT2D eigenvalue weighted by Gasteiger charge is -2.45. The number of carbonyl (C=O) groups is 6. The summed E-state index contributed by atoms with van der Waals surface area (Å²) >= 11 is 0. The number of H-pyrrole nitrogens is 1. The molecule has 1 aliphatic rings. The van der Waals surface area contributed by atoms with E-state index in [1.807, 2.05) is 24.3 Å². The number of fused-ring (bicyclic) bond motifs is 1. The molecule has 1 aromatic carbocycles. The van der Waals surface area contributed by atoms with Gasteiger partial charge in [-0.1, -0.05) is 18.2 Å². The molecule has 1 aromatic heterocycles. The van der Waals surface area contributed by atoms with Gasteiger partial charge in [-0.25, -0.2) is 4.79 Å². The largest absolute Gasteiger partial charge is 0.467 e. The SMILES string of the molecule is COC(=O)[C@@H](Cc1c[nH]c2ccccc12)NC(=O)C1(OC(C)=O)C[C@@H](OC(C)=O)C(OC(C)=O)[C@H](OC(C)=O)C1. The van der Waals surface area contributed by atoms with Crippen molar-refractivity contribution in [1.29, 1.82) is 0 Å². The highest BCUT2D eigenvalue weighted by Gasteiger charge is 2.57. The van der Waals surface area contributed by atoms with Crippen LogP contribution in [0.1, 0.15) is 46.1 Å². The zero-order valence-electron chi connectivity index (χ0n) is 22.8. The van der Waals surface area contributed by atoms with E-state index in [1.165, 1.54) is 0 Å². The Hall–Kier alpha value is -4.42. The van der Waals surface area contributed by atoms with Gasteiger partial charge >= 0.3 is 29.8 Å². The van der Waals surface area contributed by atoms with Gasteiger partial charge < -0.3 is 34.0 Å². The number of esters is 5. The topological polar surface area (TPSA) is 176 Å². The first-order valence-electron chi connectivity index (χ1n) is 12.5. The molecule has 216 valence electrons. The van der Waals surface area contributed by atoms with Crippen molar-refractivity contribution in [2.24, 2.45) is 0 Å². The molecule has 0 radical (unpaired) electrons. The van der Waals surface area contributed by atoms with Crippen LogP contribution in [0.4, 0.5) is 0 Å². The van der Waals surface area contributed by atoms with E-state index >= 15 is 0 Å². The van der Waals surface area contributed by atoms with Crippen LogP contribution in [-0.2, 0) is 58.9 Å². The molecule has 2 N–H and O–H groups in total. The van der Waals surface area contributed by atoms with Crippen LogP contribution in [0.2, 0.25) is 0 Å². The number of methoxy groups -OCH3 is 1. The van der Waals surface area contributed by atoms with Crippen LogP contribution in [-0.4, -0.2) is 77.8 Å². The lowest BCUT2D eigenvalue weighted by atomic mass is 9.78. The highest BCUT2D eigenvalue weighted by molar-refractivity contribution is 5.92. The normalized spacial score (nSPS) is 22.9. The van der Waals surface area contributed by atoms with E-state index in [0.717, 1.165) is 45.7 Å². The first-order valence-corrected chi connectivity index (χ1v) is 12.5. The third-order valence-electron chi connectivity index (χ3n) is 6.37. The number of aromatic amines is 1. The second-order valence-corrected chi connectivity index (χ2v) is 9.48. The minimum atomic E-state index is -2.07. The van der Waals surface area contributed by atoms with Gasteiger partial charge in [0.1, 0.15) is 18.2 Å². The molecule has 0 saturated heterocycles. The highest BCUT2D eigenvalue weighted by atomic mass is 16.6. The van der Waals surface area contributed by atoms with Crippen LogP contribution in [0.3, 0.4) is 0 Å². The Morgan fingerprint density at radius 1 is 0.900 bits per heavy atom. The Morgan fingerprint density at radius 2 is 1.48 bits per heavy atom. The number of hydrogen-bond donors (Lipinski definition) is 2. The van der Waals surface area contributed by atoms with Gasteiger partial charge in [0.25, 0.3) is 5.91 Å². The number of para-hydroxylation sites is 1. The maximum absolute atomic E-state index is 13.9. The molecule has 1 saturated carbocycles. The van der Waals surface area contributed by atoms with Crippen molar-refractivity contribution >= 4 is 46.7 Å². The molecule has 2 aromatic rings. The standard InChI is InChI=1S/C27H32N2O11/c1-14(30)37-22-11-27(40-17(4)33,12-23(38-15(2)31)24(22)39-16(3)32)26(35)29-21(25(34)36-5)10-18-13-28-20-9-7-6-8-19(18)20/h6-9,13,21-24,28H,10-12H2,1-5H3,(H,29,35)/t21-,22-,23-,24?,27?/m1/s1. The average molecular weight is 561 g/mol. The second-order valence-electron chi connectivity index (χ2n) is 9.48. The monoisotopic (exact) mass is 560 g/mol. The molecule has 0 bridgehead atoms. The zero-order chi connectivity index (χ0) is 29.6. The summed E-state index contributed by atoms with van der Waals surface area (Å²) in [5.41, 5.74) is -0.544. The molecule has 13 nitrogen and oxygen atoms in total. The Kier molecular flexibility index (Phi) is 9.51. The molecule has 3 atom stereocenters. The lowest BCUT2D eigenvalue weighted by Crippen LogP contribution is -2.64. The molecule has 0 unspecified atom stereocenters. The van der Waals surface area contributed by atoms with E-state index in [2.05, 4.69) is 10.3 Å². The van der Waals surface area contributed by atoms with Crippen molar-refractivity contribution < 1.29 is 52.5 Å². The molecular weight excluding hydrogens is 528 g/mol. The zero-order valence-corrected chi connectivity index (χ0v) is 22.8. The summed E-state index contributed by atoms with van der Waals surface area (Å²) in [6.07, 6.45) is -3.14. The predicted molar refractivity (Wildman–Crippen MR) is 136 cm³/mol. The molecule has 13 heteroatoms. The van der Waals surface area contributed by atoms with Crippen molar-refractivity contribution in [2.75, 3.05) is 7.11 Å². The van der Waals surface area contributed by atoms with E-state index in [1.54, 1.807) is 6.20 Å². The van der Waals surface area contributed by atoms with Gasteiger partial charge in [0.05, 0.1) is 7.11 Å². The van der Waals surface area contributed by atoms with Crippen LogP contribution >= 0.6 is 0 Å². The quantitative estimate of drug-likeness (QED) is 0.333. The summed E-state index contributed by atoms with van der Waals surface area (Å²) in [6, 6.07) is 6.16. The van der Waals surface area contributed by atoms with E-state index < -0.39 is 78.6 Å². The number of nitrogens with one attached hydrogen (secondary N) is 2. The minimum Gasteiger partial charge on any atom is -0.467 e. The van der Waals surface area contributed by atoms with Crippen molar-refractivity contribution in [3.05, 3.63) is 36.0 Å². The maximum atomic E-state index is 13.9. The molecule has 40 heavy (non-hydrogen) atoms. The Labute approximate surface area is 229 Å². The van der Waals surface area contributed by atoms with Crippen molar-refractivity contribution in [3.63, 3.8) is 0 Å². The molecule has 0 aliphatic heterocycles. The smallest absolute Gasteiger partial charge is 0.328 e. The van der Waals surface area contributed by atoms with Gasteiger partial charge in [-0.05, 0) is 11.6 Å². The number of amides is 1. The molecule has 3 rings (SSSR count). The summed E-state index contributed by atoms with van der Waals surface area (Å²) < 4.78 is 26.4. The number of carbonyl (C=O) groups excluding carboxylic acids is 6. The second kappa shape index (κ2) is 12.6. The Balaban J connectivity index is 2.00. The van der Waals surface area contributed by atoms with Crippen molar-refractivity contribution in [2.45, 2.75) is 76.9 Å². The number of benzene rings is 1. The first kappa shape index (κ1) is 30.1. The average Bonchev–Trinajstić information content (AvgIpc) is 3.26. The van der Waals surface area contributed by atoms with E-state index in [4.69, 9.17) is 23.7 Å². The predicted octanol–water partition coefficient (Wildman–Crippen LogP) is 1.26. The summed E-state index contributed by atoms with van der Waals surface area (Å²) in [7, 11) is 1.16. The van der Waals surface area contributed by atoms with Crippen LogP contribution in [0.5, 0.6) is 0 Å². The lowest BCUT2D eigenvalue weighted by molar-refractivity contribution is -0.215. The van der Waals surface area contributed by atoms with Crippen LogP contribution < -0.4 is 5.32 Å². The molecule has 1 amide bonds. The molecule has 1 aliphatic carbocycles. The fraction of sp³-hybridized carbons (Fsp3) is 0.481. The summed E-state index contributed by atoms with van der Waals surface area (Å²) in [5.74, 6) is -4.88. The number of hydrogen-bond acceptors (Lipinski definition) is 11. The molecular formula is C27H32N2O11. The molecule has 0 spiro atoms. The number of ether oxygens (including phenoxy) is 5. The van der Waals surface area contributed by atoms with Gasteiger partial charge in [-0.3, -0.25) is 24.0 Å². The maximum Gasteiger partial charge on any atom is 0.328 e. The van der Waals surface area contributed by atoms with Gasteiger partial charge in [-0.2, -0.15) is 0 Å². The van der Waals surface area contributed by atoms with Gasteiger partial charge in [0.2, 0.25) is 0 Å². The third kappa shape index (κ3) is 7.16. The summed E-state index contributed by atoms with van der Waals surface area (Å²) in [4.78, 5) is 77.6. The summed E-state index contributed by atoms with van der Waals surface area (Å²) in [5, 5.41) is 3.42. The van der Waals surface area contributed by atoms with Crippen molar-refractivity contribution in [3.8, 4) is 0 Å². The van der Waals surface area contributed by atoms with Crippen LogP contribution in [0.25, 0.3) is 10.9 Å². The van der Waals surface area contributed by atoms with Crippen LogP contribution in [0, 0.1) is 0 Å². The van der Waals surface area contributed by atoms with Gasteiger partial charge in [0, 0.05) is 64.1 Å². The number of rotatable bonds is 9. The minimum absolute atomic E-state index is 0.0232. The Morgan fingerprint density at radius 3 is 2.00 bits per heavy atom. The fourth-order valence-electron chi connectivity index (χ4n) is 4.93. The van der Waals surface area contributed by atoms with Gasteiger partial charge in [0.15, 0.2) is 11.7 Å². The van der Waals surface area contributed by atoms with E-state index in [-0.39, 0.29) is 6.42 Å². The summed E-state index contributed by atoms with van der Waals surface area (Å²) in [6.45, 7) is 4.38. The van der Waals surface area contributed by atoms with E-state index in [9.17, 15) is 28.8 Å². The first-order chi connectivity index (χ1) is 18.8. The molecule has 1 fully saturated rings.